The fourth-order valence-corrected chi connectivity index (χ4v) is 2.68. The van der Waals surface area contributed by atoms with Gasteiger partial charge in [0.15, 0.2) is 6.10 Å². The van der Waals surface area contributed by atoms with Gasteiger partial charge in [-0.1, -0.05) is 32.0 Å². The Morgan fingerprint density at radius 2 is 1.58 bits per heavy atom. The Kier molecular flexibility index (Phi) is 7.33. The van der Waals surface area contributed by atoms with E-state index in [1.54, 1.807) is 20.3 Å². The molecule has 0 aliphatic rings. The van der Waals surface area contributed by atoms with E-state index >= 15 is 0 Å². The van der Waals surface area contributed by atoms with Crippen LogP contribution < -0.4 is 19.5 Å². The molecule has 1 N–H and O–H groups in total. The standard InChI is InChI=1S/C21H27NO4/c1-5-19(15-10-12-16(24-3)13-11-15)22-21(23)20(6-2)26-18-9-7-8-17(14-18)25-4/h7-14,19-20H,5-6H2,1-4H3,(H,22,23)/t19-,20-/m1/s1. The predicted molar refractivity (Wildman–Crippen MR) is 102 cm³/mol. The van der Waals surface area contributed by atoms with E-state index < -0.39 is 6.10 Å². The molecule has 0 saturated carbocycles. The van der Waals surface area contributed by atoms with Gasteiger partial charge in [0.05, 0.1) is 20.3 Å². The summed E-state index contributed by atoms with van der Waals surface area (Å²) in [6.45, 7) is 3.97. The molecule has 0 aromatic heterocycles. The molecule has 5 nitrogen and oxygen atoms in total. The highest BCUT2D eigenvalue weighted by Gasteiger charge is 2.22. The number of nitrogens with one attached hydrogen (secondary N) is 1. The summed E-state index contributed by atoms with van der Waals surface area (Å²) in [4.78, 5) is 12.7. The summed E-state index contributed by atoms with van der Waals surface area (Å²) < 4.78 is 16.3. The third kappa shape index (κ3) is 5.15. The molecule has 2 aromatic carbocycles. The number of amides is 1. The van der Waals surface area contributed by atoms with Crippen LogP contribution in [0.4, 0.5) is 0 Å². The molecule has 0 heterocycles. The number of ether oxygens (including phenoxy) is 3. The average molecular weight is 357 g/mol. The molecule has 0 fully saturated rings. The summed E-state index contributed by atoms with van der Waals surface area (Å²) in [5.41, 5.74) is 1.04. The number of carbonyl (C=O) groups is 1. The van der Waals surface area contributed by atoms with Gasteiger partial charge >= 0.3 is 0 Å². The molecule has 26 heavy (non-hydrogen) atoms. The zero-order valence-corrected chi connectivity index (χ0v) is 15.8. The highest BCUT2D eigenvalue weighted by molar-refractivity contribution is 5.81. The molecule has 5 heteroatoms. The molecule has 0 aliphatic heterocycles. The lowest BCUT2D eigenvalue weighted by Crippen LogP contribution is -2.39. The third-order valence-corrected chi connectivity index (χ3v) is 4.23. The number of methoxy groups -OCH3 is 2. The lowest BCUT2D eigenvalue weighted by atomic mass is 10.0. The van der Waals surface area contributed by atoms with E-state index in [1.165, 1.54) is 0 Å². The summed E-state index contributed by atoms with van der Waals surface area (Å²) in [5, 5.41) is 3.08. The maximum atomic E-state index is 12.7. The van der Waals surface area contributed by atoms with Gasteiger partial charge in [0.2, 0.25) is 0 Å². The summed E-state index contributed by atoms with van der Waals surface area (Å²) in [6.07, 6.45) is 0.796. The van der Waals surface area contributed by atoms with Gasteiger partial charge in [0, 0.05) is 6.07 Å². The lowest BCUT2D eigenvalue weighted by molar-refractivity contribution is -0.128. The molecule has 2 rings (SSSR count). The Labute approximate surface area is 155 Å². The van der Waals surface area contributed by atoms with Crippen molar-refractivity contribution in [2.24, 2.45) is 0 Å². The Hall–Kier alpha value is -2.69. The van der Waals surface area contributed by atoms with E-state index in [1.807, 2.05) is 56.3 Å². The molecule has 2 atom stereocenters. The molecule has 0 radical (unpaired) electrons. The van der Waals surface area contributed by atoms with Crippen molar-refractivity contribution in [2.75, 3.05) is 14.2 Å². The van der Waals surface area contributed by atoms with E-state index in [2.05, 4.69) is 5.32 Å². The monoisotopic (exact) mass is 357 g/mol. The van der Waals surface area contributed by atoms with Gasteiger partial charge in [-0.25, -0.2) is 0 Å². The highest BCUT2D eigenvalue weighted by atomic mass is 16.5. The van der Waals surface area contributed by atoms with Crippen molar-refractivity contribution in [3.63, 3.8) is 0 Å². The van der Waals surface area contributed by atoms with Crippen molar-refractivity contribution >= 4 is 5.91 Å². The minimum Gasteiger partial charge on any atom is -0.497 e. The molecular weight excluding hydrogens is 330 g/mol. The number of hydrogen-bond donors (Lipinski definition) is 1. The number of benzene rings is 2. The molecular formula is C21H27NO4. The maximum Gasteiger partial charge on any atom is 0.261 e. The highest BCUT2D eigenvalue weighted by Crippen LogP contribution is 2.23. The summed E-state index contributed by atoms with van der Waals surface area (Å²) >= 11 is 0. The van der Waals surface area contributed by atoms with Crippen LogP contribution in [0.3, 0.4) is 0 Å². The topological polar surface area (TPSA) is 56.8 Å². The van der Waals surface area contributed by atoms with Crippen molar-refractivity contribution in [2.45, 2.75) is 38.8 Å². The fraction of sp³-hybridized carbons (Fsp3) is 0.381. The van der Waals surface area contributed by atoms with Crippen molar-refractivity contribution in [3.8, 4) is 17.2 Å². The minimum atomic E-state index is -0.561. The van der Waals surface area contributed by atoms with Gasteiger partial charge in [-0.15, -0.1) is 0 Å². The smallest absolute Gasteiger partial charge is 0.261 e. The maximum absolute atomic E-state index is 12.7. The van der Waals surface area contributed by atoms with E-state index in [-0.39, 0.29) is 11.9 Å². The Morgan fingerprint density at radius 3 is 2.15 bits per heavy atom. The Morgan fingerprint density at radius 1 is 0.923 bits per heavy atom. The summed E-state index contributed by atoms with van der Waals surface area (Å²) in [7, 11) is 3.24. The third-order valence-electron chi connectivity index (χ3n) is 4.23. The molecule has 0 unspecified atom stereocenters. The Balaban J connectivity index is 2.05. The normalized spacial score (nSPS) is 12.8. The van der Waals surface area contributed by atoms with Crippen molar-refractivity contribution < 1.29 is 19.0 Å². The second-order valence-corrected chi connectivity index (χ2v) is 5.94. The van der Waals surface area contributed by atoms with E-state index in [4.69, 9.17) is 14.2 Å². The van der Waals surface area contributed by atoms with Crippen LogP contribution in [0.1, 0.15) is 38.3 Å². The predicted octanol–water partition coefficient (Wildman–Crippen LogP) is 4.13. The molecule has 2 aromatic rings. The largest absolute Gasteiger partial charge is 0.497 e. The number of carbonyl (C=O) groups excluding carboxylic acids is 1. The average Bonchev–Trinajstić information content (AvgIpc) is 2.70. The van der Waals surface area contributed by atoms with E-state index in [0.717, 1.165) is 17.7 Å². The fourth-order valence-electron chi connectivity index (χ4n) is 2.68. The van der Waals surface area contributed by atoms with E-state index in [0.29, 0.717) is 17.9 Å². The van der Waals surface area contributed by atoms with Crippen LogP contribution in [0.2, 0.25) is 0 Å². The first kappa shape index (κ1) is 19.6. The SMILES string of the molecule is CC[C@@H](Oc1cccc(OC)c1)C(=O)N[C@H](CC)c1ccc(OC)cc1. The molecule has 0 spiro atoms. The first-order chi connectivity index (χ1) is 12.6. The quantitative estimate of drug-likeness (QED) is 0.733. The van der Waals surface area contributed by atoms with Crippen molar-refractivity contribution in [1.29, 1.82) is 0 Å². The van der Waals surface area contributed by atoms with E-state index in [9.17, 15) is 4.79 Å². The zero-order chi connectivity index (χ0) is 18.9. The Bertz CT molecular complexity index is 699. The van der Waals surface area contributed by atoms with Crippen molar-refractivity contribution in [3.05, 3.63) is 54.1 Å². The second-order valence-electron chi connectivity index (χ2n) is 5.94. The first-order valence-electron chi connectivity index (χ1n) is 8.86. The van der Waals surface area contributed by atoms with Crippen LogP contribution in [-0.2, 0) is 4.79 Å². The van der Waals surface area contributed by atoms with Crippen LogP contribution in [0, 0.1) is 0 Å². The zero-order valence-electron chi connectivity index (χ0n) is 15.8. The van der Waals surface area contributed by atoms with Crippen LogP contribution in [-0.4, -0.2) is 26.2 Å². The lowest BCUT2D eigenvalue weighted by Gasteiger charge is -2.22. The summed E-state index contributed by atoms with van der Waals surface area (Å²) in [5.74, 6) is 1.98. The minimum absolute atomic E-state index is 0.0728. The van der Waals surface area contributed by atoms with Crippen LogP contribution in [0.5, 0.6) is 17.2 Å². The van der Waals surface area contributed by atoms with Crippen LogP contribution >= 0.6 is 0 Å². The van der Waals surface area contributed by atoms with Gasteiger partial charge in [0.25, 0.3) is 5.91 Å². The van der Waals surface area contributed by atoms with Gasteiger partial charge in [0.1, 0.15) is 17.2 Å². The van der Waals surface area contributed by atoms with Crippen LogP contribution in [0.15, 0.2) is 48.5 Å². The van der Waals surface area contributed by atoms with Gasteiger partial charge in [-0.05, 0) is 42.7 Å². The van der Waals surface area contributed by atoms with Gasteiger partial charge in [-0.2, -0.15) is 0 Å². The van der Waals surface area contributed by atoms with Crippen LogP contribution in [0.25, 0.3) is 0 Å². The molecule has 1 amide bonds. The molecule has 0 bridgehead atoms. The second kappa shape index (κ2) is 9.70. The molecule has 0 saturated heterocycles. The summed E-state index contributed by atoms with van der Waals surface area (Å²) in [6, 6.07) is 14.9. The molecule has 140 valence electrons. The van der Waals surface area contributed by atoms with Gasteiger partial charge < -0.3 is 19.5 Å². The van der Waals surface area contributed by atoms with Crippen molar-refractivity contribution in [1.82, 2.24) is 5.32 Å². The molecule has 0 aliphatic carbocycles. The number of hydrogen-bond acceptors (Lipinski definition) is 4. The van der Waals surface area contributed by atoms with Gasteiger partial charge in [-0.3, -0.25) is 4.79 Å². The first-order valence-corrected chi connectivity index (χ1v) is 8.86. The number of rotatable bonds is 9.